The second kappa shape index (κ2) is 15.5. The molecular formula is C31H38F3N5O4. The van der Waals surface area contributed by atoms with Gasteiger partial charge < -0.3 is 39.6 Å². The Labute approximate surface area is 249 Å². The van der Waals surface area contributed by atoms with Crippen molar-refractivity contribution in [3.05, 3.63) is 54.2 Å². The van der Waals surface area contributed by atoms with Crippen LogP contribution in [0.25, 0.3) is 10.9 Å². The fourth-order valence-corrected chi connectivity index (χ4v) is 4.59. The minimum Gasteiger partial charge on any atom is -0.491 e. The summed E-state index contributed by atoms with van der Waals surface area (Å²) in [6.07, 6.45) is -3.97. The fraction of sp³-hybridized carbons (Fsp3) is 0.452. The number of fused-ring (bicyclic) bond motifs is 3. The number of halogens is 3. The van der Waals surface area contributed by atoms with E-state index in [1.165, 1.54) is 0 Å². The van der Waals surface area contributed by atoms with Crippen LogP contribution >= 0.6 is 0 Å². The second-order valence-electron chi connectivity index (χ2n) is 10.3. The van der Waals surface area contributed by atoms with E-state index in [4.69, 9.17) is 14.2 Å². The number of rotatable bonds is 4. The molecule has 12 heteroatoms. The lowest BCUT2D eigenvalue weighted by molar-refractivity contribution is -0.140. The van der Waals surface area contributed by atoms with Gasteiger partial charge in [-0.3, -0.25) is 4.79 Å². The molecule has 1 atom stereocenters. The molecule has 0 radical (unpaired) electrons. The fourth-order valence-electron chi connectivity index (χ4n) is 4.59. The van der Waals surface area contributed by atoms with Gasteiger partial charge in [0.2, 0.25) is 5.91 Å². The van der Waals surface area contributed by atoms with Crippen molar-refractivity contribution >= 4 is 28.2 Å². The number of anilines is 2. The summed E-state index contributed by atoms with van der Waals surface area (Å²) in [5.41, 5.74) is 1.91. The van der Waals surface area contributed by atoms with Crippen LogP contribution in [0.4, 0.5) is 24.5 Å². The van der Waals surface area contributed by atoms with Crippen molar-refractivity contribution in [3.63, 3.8) is 0 Å². The summed E-state index contributed by atoms with van der Waals surface area (Å²) >= 11 is 0. The Morgan fingerprint density at radius 1 is 1.00 bits per heavy atom. The average molecular weight is 602 g/mol. The summed E-state index contributed by atoms with van der Waals surface area (Å²) in [7, 11) is 3.82. The SMILES string of the molecule is CN(C)CCC1Nc2cccc3c2cc(n3CC(F)(F)F)C#CCNc2cccc(c2)OCCOCCOCCNC1=O. The monoisotopic (exact) mass is 601 g/mol. The molecule has 4 rings (SSSR count). The van der Waals surface area contributed by atoms with Gasteiger partial charge in [-0.15, -0.1) is 0 Å². The topological polar surface area (TPSA) is 89.0 Å². The van der Waals surface area contributed by atoms with Crippen LogP contribution in [0.5, 0.6) is 5.75 Å². The number of aromatic nitrogens is 1. The zero-order valence-electron chi connectivity index (χ0n) is 24.4. The molecule has 1 aromatic heterocycles. The number of alkyl halides is 3. The summed E-state index contributed by atoms with van der Waals surface area (Å²) in [6.45, 7) is 1.76. The number of amides is 1. The summed E-state index contributed by atoms with van der Waals surface area (Å²) in [5, 5.41) is 9.90. The standard InChI is InChI=1S/C31H38F3N5O4/c1-38(2)14-11-28-30(40)36-13-15-41-16-17-42-18-19-43-25-8-3-6-23(20-25)35-12-5-7-24-21-26-27(37-28)9-4-10-29(26)39(24)22-31(32,33)34/h3-4,6,8-10,20-21,28,35,37H,11-19,22H2,1-2H3,(H,36,40). The number of nitrogens with zero attached hydrogens (tertiary/aromatic N) is 2. The number of carbonyl (C=O) groups excluding carboxylic acids is 1. The minimum atomic E-state index is -4.45. The third kappa shape index (κ3) is 10.1. The first kappa shape index (κ1) is 32.0. The summed E-state index contributed by atoms with van der Waals surface area (Å²) in [4.78, 5) is 15.1. The maximum absolute atomic E-state index is 13.6. The predicted molar refractivity (Wildman–Crippen MR) is 161 cm³/mol. The number of hydrogen-bond acceptors (Lipinski definition) is 7. The summed E-state index contributed by atoms with van der Waals surface area (Å²) in [5.74, 6) is 6.28. The first-order valence-corrected chi connectivity index (χ1v) is 14.2. The molecule has 0 fully saturated rings. The second-order valence-corrected chi connectivity index (χ2v) is 10.3. The molecule has 0 spiro atoms. The van der Waals surface area contributed by atoms with Crippen LogP contribution in [-0.2, 0) is 20.8 Å². The van der Waals surface area contributed by atoms with E-state index in [-0.39, 0.29) is 18.1 Å². The van der Waals surface area contributed by atoms with Crippen LogP contribution in [0.2, 0.25) is 0 Å². The van der Waals surface area contributed by atoms with Crippen LogP contribution < -0.4 is 20.7 Å². The van der Waals surface area contributed by atoms with Gasteiger partial charge in [-0.05, 0) is 63.3 Å². The lowest BCUT2D eigenvalue weighted by Gasteiger charge is -2.22. The highest BCUT2D eigenvalue weighted by molar-refractivity contribution is 5.96. The Bertz CT molecular complexity index is 1410. The average Bonchev–Trinajstić information content (AvgIpc) is 3.30. The van der Waals surface area contributed by atoms with Crippen LogP contribution in [0.15, 0.2) is 48.5 Å². The zero-order valence-corrected chi connectivity index (χ0v) is 24.4. The van der Waals surface area contributed by atoms with Crippen LogP contribution in [0.1, 0.15) is 12.1 Å². The molecule has 43 heavy (non-hydrogen) atoms. The lowest BCUT2D eigenvalue weighted by atomic mass is 10.1. The smallest absolute Gasteiger partial charge is 0.406 e. The highest BCUT2D eigenvalue weighted by Gasteiger charge is 2.30. The van der Waals surface area contributed by atoms with Gasteiger partial charge in [-0.2, -0.15) is 13.2 Å². The van der Waals surface area contributed by atoms with Crippen molar-refractivity contribution in [2.45, 2.75) is 25.2 Å². The van der Waals surface area contributed by atoms with Gasteiger partial charge in [-0.25, -0.2) is 0 Å². The molecule has 2 heterocycles. The third-order valence-corrected chi connectivity index (χ3v) is 6.64. The Hall–Kier alpha value is -3.92. The van der Waals surface area contributed by atoms with E-state index in [1.807, 2.05) is 43.3 Å². The van der Waals surface area contributed by atoms with E-state index in [2.05, 4.69) is 27.8 Å². The molecule has 1 unspecified atom stereocenters. The molecule has 9 nitrogen and oxygen atoms in total. The van der Waals surface area contributed by atoms with Gasteiger partial charge in [0.1, 0.15) is 24.9 Å². The van der Waals surface area contributed by atoms with E-state index in [1.54, 1.807) is 24.3 Å². The van der Waals surface area contributed by atoms with Crippen molar-refractivity contribution in [1.29, 1.82) is 0 Å². The third-order valence-electron chi connectivity index (χ3n) is 6.64. The molecule has 1 aliphatic heterocycles. The van der Waals surface area contributed by atoms with Crippen molar-refractivity contribution in [3.8, 4) is 17.6 Å². The number of ether oxygens (including phenoxy) is 3. The van der Waals surface area contributed by atoms with Crippen LogP contribution in [0, 0.1) is 11.8 Å². The Kier molecular flexibility index (Phi) is 11.6. The molecule has 3 N–H and O–H groups in total. The van der Waals surface area contributed by atoms with Gasteiger partial charge in [-0.1, -0.05) is 18.1 Å². The van der Waals surface area contributed by atoms with Crippen LogP contribution in [0.3, 0.4) is 0 Å². The number of nitrogens with one attached hydrogen (secondary N) is 3. The van der Waals surface area contributed by atoms with E-state index in [0.717, 1.165) is 10.3 Å². The van der Waals surface area contributed by atoms with Crippen molar-refractivity contribution < 1.29 is 32.2 Å². The van der Waals surface area contributed by atoms with Gasteiger partial charge in [0.25, 0.3) is 0 Å². The molecule has 3 aromatic rings. The largest absolute Gasteiger partial charge is 0.491 e. The van der Waals surface area contributed by atoms with Crippen molar-refractivity contribution in [1.82, 2.24) is 14.8 Å². The quantitative estimate of drug-likeness (QED) is 0.391. The first-order valence-electron chi connectivity index (χ1n) is 14.2. The Morgan fingerprint density at radius 2 is 1.77 bits per heavy atom. The molecule has 0 saturated heterocycles. The zero-order chi connectivity index (χ0) is 30.7. The van der Waals surface area contributed by atoms with E-state index in [0.29, 0.717) is 74.9 Å². The molecule has 1 amide bonds. The van der Waals surface area contributed by atoms with Gasteiger partial charge in [0.05, 0.1) is 44.2 Å². The van der Waals surface area contributed by atoms with E-state index < -0.39 is 18.8 Å². The number of hydrogen-bond donors (Lipinski definition) is 3. The molecule has 4 bridgehead atoms. The van der Waals surface area contributed by atoms with Gasteiger partial charge >= 0.3 is 6.18 Å². The van der Waals surface area contributed by atoms with Gasteiger partial charge in [0.15, 0.2) is 0 Å². The molecule has 0 aliphatic carbocycles. The Balaban J connectivity index is 1.65. The molecule has 232 valence electrons. The van der Waals surface area contributed by atoms with E-state index in [9.17, 15) is 18.0 Å². The maximum atomic E-state index is 13.6. The Morgan fingerprint density at radius 3 is 2.56 bits per heavy atom. The summed E-state index contributed by atoms with van der Waals surface area (Å²) in [6, 6.07) is 13.4. The van der Waals surface area contributed by atoms with E-state index >= 15 is 0 Å². The lowest BCUT2D eigenvalue weighted by Crippen LogP contribution is -2.42. The maximum Gasteiger partial charge on any atom is 0.406 e. The van der Waals surface area contributed by atoms with Crippen LogP contribution in [-0.4, -0.2) is 94.4 Å². The van der Waals surface area contributed by atoms with Gasteiger partial charge in [0, 0.05) is 29.4 Å². The number of benzene rings is 2. The molecule has 0 saturated carbocycles. The number of carbonyl (C=O) groups is 1. The molecular weight excluding hydrogens is 563 g/mol. The molecule has 1 aliphatic rings. The summed E-state index contributed by atoms with van der Waals surface area (Å²) < 4.78 is 59.0. The highest BCUT2D eigenvalue weighted by Crippen LogP contribution is 2.30. The minimum absolute atomic E-state index is 0.206. The molecule has 2 aromatic carbocycles. The first-order chi connectivity index (χ1) is 20.7. The van der Waals surface area contributed by atoms with Crippen molar-refractivity contribution in [2.24, 2.45) is 0 Å². The van der Waals surface area contributed by atoms with Crippen molar-refractivity contribution in [2.75, 3.05) is 77.4 Å². The predicted octanol–water partition coefficient (Wildman–Crippen LogP) is 3.94. The normalized spacial score (nSPS) is 17.6. The highest BCUT2D eigenvalue weighted by atomic mass is 19.4.